The number of carbonyl (C=O) groups is 2. The van der Waals surface area contributed by atoms with Crippen LogP contribution in [0.3, 0.4) is 0 Å². The van der Waals surface area contributed by atoms with Crippen molar-refractivity contribution >= 4 is 28.8 Å². The van der Waals surface area contributed by atoms with E-state index in [-0.39, 0.29) is 17.5 Å². The number of amides is 2. The lowest BCUT2D eigenvalue weighted by molar-refractivity contribution is -0.120. The highest BCUT2D eigenvalue weighted by atomic mass is 16.5. The predicted molar refractivity (Wildman–Crippen MR) is 114 cm³/mol. The Morgan fingerprint density at radius 1 is 0.793 bits per heavy atom. The Hall–Kier alpha value is -3.86. The van der Waals surface area contributed by atoms with Gasteiger partial charge in [-0.25, -0.2) is 4.90 Å². The topological polar surface area (TPSA) is 58.6 Å². The molecule has 0 bridgehead atoms. The number of hydrogen-bond acceptors (Lipinski definition) is 4. The van der Waals surface area contributed by atoms with Crippen LogP contribution in [0.4, 0.5) is 11.4 Å². The fraction of sp³-hybridized carbons (Fsp3) is 0.0833. The van der Waals surface area contributed by atoms with Crippen LogP contribution in [0, 0.1) is 6.92 Å². The van der Waals surface area contributed by atoms with Crippen molar-refractivity contribution in [3.05, 3.63) is 95.7 Å². The molecule has 1 aliphatic rings. The van der Waals surface area contributed by atoms with Crippen LogP contribution in [0.1, 0.15) is 11.1 Å². The highest BCUT2D eigenvalue weighted by molar-refractivity contribution is 6.46. The van der Waals surface area contributed by atoms with Crippen LogP contribution in [0.15, 0.2) is 84.6 Å². The van der Waals surface area contributed by atoms with Gasteiger partial charge in [-0.1, -0.05) is 48.5 Å². The maximum atomic E-state index is 13.3. The second-order valence-electron chi connectivity index (χ2n) is 6.70. The molecule has 0 radical (unpaired) electrons. The summed E-state index contributed by atoms with van der Waals surface area (Å²) in [5, 5.41) is 3.20. The normalized spacial score (nSPS) is 13.8. The molecule has 29 heavy (non-hydrogen) atoms. The van der Waals surface area contributed by atoms with Gasteiger partial charge in [-0.15, -0.1) is 0 Å². The van der Waals surface area contributed by atoms with Crippen LogP contribution in [-0.2, 0) is 9.59 Å². The van der Waals surface area contributed by atoms with E-state index in [0.717, 1.165) is 11.3 Å². The number of nitrogens with one attached hydrogen (secondary N) is 1. The Morgan fingerprint density at radius 3 is 2.10 bits per heavy atom. The quantitative estimate of drug-likeness (QED) is 0.663. The number of anilines is 2. The Labute approximate surface area is 169 Å². The zero-order chi connectivity index (χ0) is 20.4. The molecule has 1 heterocycles. The molecule has 5 nitrogen and oxygen atoms in total. The van der Waals surface area contributed by atoms with E-state index in [9.17, 15) is 9.59 Å². The molecule has 0 aromatic heterocycles. The lowest BCUT2D eigenvalue weighted by atomic mass is 10.0. The molecule has 3 aromatic rings. The molecule has 0 unspecified atom stereocenters. The summed E-state index contributed by atoms with van der Waals surface area (Å²) in [4.78, 5) is 27.9. The number of para-hydroxylation sites is 1. The number of ether oxygens (including phenoxy) is 1. The van der Waals surface area contributed by atoms with E-state index in [2.05, 4.69) is 5.32 Å². The third kappa shape index (κ3) is 3.38. The average molecular weight is 384 g/mol. The van der Waals surface area contributed by atoms with Crippen LogP contribution >= 0.6 is 0 Å². The molecule has 0 saturated heterocycles. The predicted octanol–water partition coefficient (Wildman–Crippen LogP) is 4.40. The van der Waals surface area contributed by atoms with E-state index in [1.165, 1.54) is 4.90 Å². The van der Waals surface area contributed by atoms with E-state index in [1.807, 2.05) is 61.5 Å². The van der Waals surface area contributed by atoms with E-state index in [0.29, 0.717) is 22.6 Å². The lowest BCUT2D eigenvalue weighted by Gasteiger charge is -2.16. The van der Waals surface area contributed by atoms with Gasteiger partial charge in [0.2, 0.25) is 0 Å². The SMILES string of the molecule is COc1ccc(N2C(=O)C(Nc3ccccc3C)=C(c3ccccc3)C2=O)cc1. The maximum Gasteiger partial charge on any atom is 0.282 e. The Kier molecular flexibility index (Phi) is 4.87. The van der Waals surface area contributed by atoms with Gasteiger partial charge in [0.25, 0.3) is 11.8 Å². The molecule has 1 aliphatic heterocycles. The summed E-state index contributed by atoms with van der Waals surface area (Å²) >= 11 is 0. The van der Waals surface area contributed by atoms with Crippen molar-refractivity contribution in [1.29, 1.82) is 0 Å². The first-order valence-corrected chi connectivity index (χ1v) is 9.25. The zero-order valence-corrected chi connectivity index (χ0v) is 16.2. The van der Waals surface area contributed by atoms with Crippen molar-refractivity contribution in [2.75, 3.05) is 17.3 Å². The molecule has 3 aromatic carbocycles. The van der Waals surface area contributed by atoms with E-state index in [1.54, 1.807) is 31.4 Å². The van der Waals surface area contributed by atoms with Gasteiger partial charge in [0, 0.05) is 5.69 Å². The fourth-order valence-electron chi connectivity index (χ4n) is 3.33. The second kappa shape index (κ2) is 7.64. The first-order chi connectivity index (χ1) is 14.1. The second-order valence-corrected chi connectivity index (χ2v) is 6.70. The smallest absolute Gasteiger partial charge is 0.282 e. The third-order valence-corrected chi connectivity index (χ3v) is 4.88. The molecule has 144 valence electrons. The van der Waals surface area contributed by atoms with Crippen molar-refractivity contribution in [1.82, 2.24) is 0 Å². The van der Waals surface area contributed by atoms with Gasteiger partial charge in [0.15, 0.2) is 0 Å². The minimum atomic E-state index is -0.387. The molecular weight excluding hydrogens is 364 g/mol. The Balaban J connectivity index is 1.80. The highest BCUT2D eigenvalue weighted by Gasteiger charge is 2.40. The minimum absolute atomic E-state index is 0.270. The summed E-state index contributed by atoms with van der Waals surface area (Å²) in [6.45, 7) is 1.95. The number of aryl methyl sites for hydroxylation is 1. The number of rotatable bonds is 5. The maximum absolute atomic E-state index is 13.3. The average Bonchev–Trinajstić information content (AvgIpc) is 3.00. The monoisotopic (exact) mass is 384 g/mol. The van der Waals surface area contributed by atoms with Gasteiger partial charge >= 0.3 is 0 Å². The van der Waals surface area contributed by atoms with Gasteiger partial charge in [0.1, 0.15) is 11.4 Å². The minimum Gasteiger partial charge on any atom is -0.497 e. The fourth-order valence-corrected chi connectivity index (χ4v) is 3.33. The van der Waals surface area contributed by atoms with Crippen LogP contribution < -0.4 is 15.0 Å². The summed E-state index contributed by atoms with van der Waals surface area (Å²) in [6.07, 6.45) is 0. The van der Waals surface area contributed by atoms with E-state index >= 15 is 0 Å². The van der Waals surface area contributed by atoms with Gasteiger partial charge in [-0.05, 0) is 48.4 Å². The van der Waals surface area contributed by atoms with Crippen molar-refractivity contribution in [2.24, 2.45) is 0 Å². The first-order valence-electron chi connectivity index (χ1n) is 9.25. The molecular formula is C24H20N2O3. The Bertz CT molecular complexity index is 1100. The lowest BCUT2D eigenvalue weighted by Crippen LogP contribution is -2.32. The standard InChI is InChI=1S/C24H20N2O3/c1-16-8-6-7-11-20(16)25-22-21(17-9-4-3-5-10-17)23(27)26(24(22)28)18-12-14-19(29-2)15-13-18/h3-15,25H,1-2H3. The first kappa shape index (κ1) is 18.5. The van der Waals surface area contributed by atoms with Gasteiger partial charge in [0.05, 0.1) is 18.4 Å². The van der Waals surface area contributed by atoms with Crippen molar-refractivity contribution in [3.63, 3.8) is 0 Å². The molecule has 0 aliphatic carbocycles. The number of hydrogen-bond donors (Lipinski definition) is 1. The van der Waals surface area contributed by atoms with Gasteiger partial charge in [-0.3, -0.25) is 9.59 Å². The van der Waals surface area contributed by atoms with Crippen molar-refractivity contribution in [2.45, 2.75) is 6.92 Å². The van der Waals surface area contributed by atoms with Crippen molar-refractivity contribution < 1.29 is 14.3 Å². The number of nitrogens with zero attached hydrogens (tertiary/aromatic N) is 1. The zero-order valence-electron chi connectivity index (χ0n) is 16.2. The summed E-state index contributed by atoms with van der Waals surface area (Å²) in [5.41, 5.74) is 3.58. The molecule has 0 atom stereocenters. The molecule has 2 amide bonds. The van der Waals surface area contributed by atoms with Crippen molar-refractivity contribution in [3.8, 4) is 5.75 Å². The van der Waals surface area contributed by atoms with Crippen LogP contribution in [0.25, 0.3) is 5.57 Å². The van der Waals surface area contributed by atoms with Crippen LogP contribution in [0.5, 0.6) is 5.75 Å². The summed E-state index contributed by atoms with van der Waals surface area (Å²) in [5.74, 6) is -0.0907. The number of imide groups is 1. The molecule has 4 rings (SSSR count). The molecule has 0 fully saturated rings. The van der Waals surface area contributed by atoms with E-state index in [4.69, 9.17) is 4.74 Å². The number of carbonyl (C=O) groups excluding carboxylic acids is 2. The largest absolute Gasteiger partial charge is 0.497 e. The van der Waals surface area contributed by atoms with Gasteiger partial charge < -0.3 is 10.1 Å². The molecule has 0 spiro atoms. The number of benzene rings is 3. The van der Waals surface area contributed by atoms with E-state index < -0.39 is 0 Å². The van der Waals surface area contributed by atoms with Gasteiger partial charge in [-0.2, -0.15) is 0 Å². The van der Waals surface area contributed by atoms with Crippen LogP contribution in [-0.4, -0.2) is 18.9 Å². The molecule has 1 N–H and O–H groups in total. The summed E-state index contributed by atoms with van der Waals surface area (Å²) in [7, 11) is 1.57. The van der Waals surface area contributed by atoms with Crippen LogP contribution in [0.2, 0.25) is 0 Å². The molecule has 5 heteroatoms. The highest BCUT2D eigenvalue weighted by Crippen LogP contribution is 2.34. The summed E-state index contributed by atoms with van der Waals surface area (Å²) in [6, 6.07) is 23.8. The number of methoxy groups -OCH3 is 1. The molecule has 0 saturated carbocycles. The summed E-state index contributed by atoms with van der Waals surface area (Å²) < 4.78 is 5.18. The Morgan fingerprint density at radius 2 is 1.45 bits per heavy atom. The third-order valence-electron chi connectivity index (χ3n) is 4.88.